The summed E-state index contributed by atoms with van der Waals surface area (Å²) in [6.07, 6.45) is 0. The van der Waals surface area contributed by atoms with E-state index in [9.17, 15) is 9.18 Å². The molecule has 0 aliphatic heterocycles. The molecule has 2 rings (SSSR count). The first-order valence-electron chi connectivity index (χ1n) is 5.27. The minimum absolute atomic E-state index is 0.0535. The van der Waals surface area contributed by atoms with Crippen LogP contribution in [0.15, 0.2) is 39.6 Å². The molecule has 0 saturated heterocycles. The molecule has 1 aromatic heterocycles. The monoisotopic (exact) mass is 266 g/mol. The zero-order valence-electron chi connectivity index (χ0n) is 9.64. The van der Waals surface area contributed by atoms with Crippen molar-refractivity contribution in [3.8, 4) is 0 Å². The Labute approximate surface area is 108 Å². The number of rotatable bonds is 4. The molecule has 3 nitrogen and oxygen atoms in total. The molecule has 18 heavy (non-hydrogen) atoms. The molecular formula is C13H11FO3S. The maximum Gasteiger partial charge on any atom is 0.371 e. The van der Waals surface area contributed by atoms with Crippen LogP contribution in [0.5, 0.6) is 0 Å². The highest BCUT2D eigenvalue weighted by molar-refractivity contribution is 7.98. The van der Waals surface area contributed by atoms with Gasteiger partial charge in [-0.2, -0.15) is 0 Å². The molecule has 94 valence electrons. The number of thioether (sulfide) groups is 1. The van der Waals surface area contributed by atoms with Crippen molar-refractivity contribution in [3.05, 3.63) is 53.2 Å². The molecule has 0 unspecified atom stereocenters. The van der Waals surface area contributed by atoms with E-state index in [1.807, 2.05) is 0 Å². The summed E-state index contributed by atoms with van der Waals surface area (Å²) < 4.78 is 17.8. The Morgan fingerprint density at radius 1 is 1.39 bits per heavy atom. The lowest BCUT2D eigenvalue weighted by Gasteiger charge is -2.00. The number of aryl methyl sites for hydroxylation is 1. The Kier molecular flexibility index (Phi) is 3.72. The van der Waals surface area contributed by atoms with Gasteiger partial charge in [0, 0.05) is 16.2 Å². The van der Waals surface area contributed by atoms with Gasteiger partial charge in [0.1, 0.15) is 11.6 Å². The Morgan fingerprint density at radius 2 is 2.06 bits per heavy atom. The van der Waals surface area contributed by atoms with Crippen LogP contribution in [0.4, 0.5) is 4.39 Å². The normalized spacial score (nSPS) is 10.6. The fourth-order valence-corrected chi connectivity index (χ4v) is 2.40. The number of hydrogen-bond acceptors (Lipinski definition) is 3. The van der Waals surface area contributed by atoms with Crippen LogP contribution in [0.2, 0.25) is 0 Å². The molecular weight excluding hydrogens is 255 g/mol. The number of hydrogen-bond donors (Lipinski definition) is 1. The van der Waals surface area contributed by atoms with Crippen LogP contribution in [0.1, 0.15) is 21.9 Å². The van der Waals surface area contributed by atoms with Crippen LogP contribution < -0.4 is 0 Å². The first-order valence-corrected chi connectivity index (χ1v) is 6.26. The molecule has 0 aliphatic carbocycles. The largest absolute Gasteiger partial charge is 0.475 e. The quantitative estimate of drug-likeness (QED) is 0.857. The van der Waals surface area contributed by atoms with Crippen LogP contribution in [-0.4, -0.2) is 11.1 Å². The van der Waals surface area contributed by atoms with Gasteiger partial charge in [-0.25, -0.2) is 9.18 Å². The number of aromatic carboxylic acids is 1. The molecule has 0 bridgehead atoms. The first-order chi connectivity index (χ1) is 8.56. The Hall–Kier alpha value is -1.75. The van der Waals surface area contributed by atoms with Crippen molar-refractivity contribution in [2.75, 3.05) is 0 Å². The van der Waals surface area contributed by atoms with Crippen LogP contribution in [0.25, 0.3) is 0 Å². The number of carbonyl (C=O) groups is 1. The van der Waals surface area contributed by atoms with Crippen LogP contribution in [-0.2, 0) is 5.75 Å². The third-order valence-corrected chi connectivity index (χ3v) is 3.50. The van der Waals surface area contributed by atoms with E-state index in [0.717, 1.165) is 10.5 Å². The summed E-state index contributed by atoms with van der Waals surface area (Å²) in [7, 11) is 0. The van der Waals surface area contributed by atoms with Crippen molar-refractivity contribution in [1.29, 1.82) is 0 Å². The summed E-state index contributed by atoms with van der Waals surface area (Å²) in [6, 6.07) is 7.69. The molecule has 0 aliphatic rings. The molecule has 0 saturated carbocycles. The lowest BCUT2D eigenvalue weighted by atomic mass is 10.3. The third kappa shape index (κ3) is 2.92. The van der Waals surface area contributed by atoms with E-state index >= 15 is 0 Å². The fourth-order valence-electron chi connectivity index (χ4n) is 1.46. The lowest BCUT2D eigenvalue weighted by Crippen LogP contribution is -1.91. The van der Waals surface area contributed by atoms with Crippen molar-refractivity contribution >= 4 is 17.7 Å². The van der Waals surface area contributed by atoms with E-state index in [1.165, 1.54) is 30.0 Å². The van der Waals surface area contributed by atoms with Crippen molar-refractivity contribution in [1.82, 2.24) is 0 Å². The smallest absolute Gasteiger partial charge is 0.371 e. The molecule has 5 heteroatoms. The molecule has 0 radical (unpaired) electrons. The van der Waals surface area contributed by atoms with Gasteiger partial charge in [-0.3, -0.25) is 0 Å². The van der Waals surface area contributed by atoms with E-state index in [1.54, 1.807) is 19.1 Å². The predicted octanol–water partition coefficient (Wildman–Crippen LogP) is 3.72. The van der Waals surface area contributed by atoms with Gasteiger partial charge in [-0.1, -0.05) is 0 Å². The maximum absolute atomic E-state index is 12.7. The Balaban J connectivity index is 2.06. The van der Waals surface area contributed by atoms with Gasteiger partial charge in [-0.05, 0) is 37.3 Å². The molecule has 1 N–H and O–H groups in total. The third-order valence-electron chi connectivity index (χ3n) is 2.44. The van der Waals surface area contributed by atoms with Crippen molar-refractivity contribution in [3.63, 3.8) is 0 Å². The molecule has 0 fully saturated rings. The van der Waals surface area contributed by atoms with Crippen LogP contribution in [0, 0.1) is 12.7 Å². The number of carboxylic acid groups (broad SMARTS) is 1. The van der Waals surface area contributed by atoms with E-state index in [0.29, 0.717) is 11.5 Å². The van der Waals surface area contributed by atoms with Crippen LogP contribution in [0.3, 0.4) is 0 Å². The second kappa shape index (κ2) is 5.27. The summed E-state index contributed by atoms with van der Waals surface area (Å²) >= 11 is 1.50. The van der Waals surface area contributed by atoms with Crippen molar-refractivity contribution < 1.29 is 18.7 Å². The highest BCUT2D eigenvalue weighted by Gasteiger charge is 2.13. The van der Waals surface area contributed by atoms with Crippen molar-refractivity contribution in [2.45, 2.75) is 17.6 Å². The average Bonchev–Trinajstić information content (AvgIpc) is 2.70. The number of carboxylic acids is 1. The molecule has 1 heterocycles. The fraction of sp³-hybridized carbons (Fsp3) is 0.154. The zero-order valence-corrected chi connectivity index (χ0v) is 10.5. The first kappa shape index (κ1) is 12.7. The van der Waals surface area contributed by atoms with E-state index in [4.69, 9.17) is 9.52 Å². The molecule has 2 aromatic rings. The second-order valence-electron chi connectivity index (χ2n) is 3.74. The average molecular weight is 266 g/mol. The van der Waals surface area contributed by atoms with Gasteiger partial charge in [0.05, 0.1) is 0 Å². The van der Waals surface area contributed by atoms with E-state index < -0.39 is 5.97 Å². The predicted molar refractivity (Wildman–Crippen MR) is 66.4 cm³/mol. The topological polar surface area (TPSA) is 50.4 Å². The SMILES string of the molecule is Cc1oc(C(=O)O)cc1CSc1ccc(F)cc1. The van der Waals surface area contributed by atoms with E-state index in [-0.39, 0.29) is 11.6 Å². The highest BCUT2D eigenvalue weighted by Crippen LogP contribution is 2.26. The highest BCUT2D eigenvalue weighted by atomic mass is 32.2. The van der Waals surface area contributed by atoms with Gasteiger partial charge in [0.2, 0.25) is 5.76 Å². The number of benzene rings is 1. The maximum atomic E-state index is 12.7. The van der Waals surface area contributed by atoms with Gasteiger partial charge in [-0.15, -0.1) is 11.8 Å². The number of furan rings is 1. The minimum atomic E-state index is -1.07. The van der Waals surface area contributed by atoms with Crippen LogP contribution >= 0.6 is 11.8 Å². The Bertz CT molecular complexity index is 560. The summed E-state index contributed by atoms with van der Waals surface area (Å²) in [4.78, 5) is 11.7. The zero-order chi connectivity index (χ0) is 13.1. The molecule has 1 aromatic carbocycles. The Morgan fingerprint density at radius 3 is 2.61 bits per heavy atom. The summed E-state index contributed by atoms with van der Waals surface area (Å²) in [5.41, 5.74) is 0.835. The molecule has 0 atom stereocenters. The van der Waals surface area contributed by atoms with Gasteiger partial charge in [0.15, 0.2) is 0 Å². The van der Waals surface area contributed by atoms with Crippen molar-refractivity contribution in [2.24, 2.45) is 0 Å². The number of halogens is 1. The second-order valence-corrected chi connectivity index (χ2v) is 4.79. The summed E-state index contributed by atoms with van der Waals surface area (Å²) in [5, 5.41) is 8.80. The molecule has 0 spiro atoms. The molecule has 0 amide bonds. The lowest BCUT2D eigenvalue weighted by molar-refractivity contribution is 0.0661. The van der Waals surface area contributed by atoms with Gasteiger partial charge < -0.3 is 9.52 Å². The van der Waals surface area contributed by atoms with Gasteiger partial charge in [0.25, 0.3) is 0 Å². The summed E-state index contributed by atoms with van der Waals surface area (Å²) in [5.74, 6) is -0.207. The standard InChI is InChI=1S/C13H11FO3S/c1-8-9(6-12(17-8)13(15)16)7-18-11-4-2-10(14)3-5-11/h2-6H,7H2,1H3,(H,15,16). The van der Waals surface area contributed by atoms with Gasteiger partial charge >= 0.3 is 5.97 Å². The van der Waals surface area contributed by atoms with E-state index in [2.05, 4.69) is 0 Å². The minimum Gasteiger partial charge on any atom is -0.475 e. The summed E-state index contributed by atoms with van der Waals surface area (Å²) in [6.45, 7) is 1.73.